The van der Waals surface area contributed by atoms with Crippen molar-refractivity contribution in [3.05, 3.63) is 24.3 Å². The van der Waals surface area contributed by atoms with Gasteiger partial charge in [0, 0.05) is 11.7 Å². The van der Waals surface area contributed by atoms with Crippen LogP contribution in [0, 0.1) is 5.92 Å². The fourth-order valence-corrected chi connectivity index (χ4v) is 2.45. The van der Waals surface area contributed by atoms with E-state index in [4.69, 9.17) is 0 Å². The molecular weight excluding hydrogens is 267 g/mol. The molecule has 1 aliphatic rings. The number of alkyl halides is 3. The van der Waals surface area contributed by atoms with Crippen LogP contribution < -0.4 is 10.1 Å². The Hall–Kier alpha value is -1.39. The Balaban J connectivity index is 1.82. The highest BCUT2D eigenvalue weighted by atomic mass is 19.4. The van der Waals surface area contributed by atoms with Crippen molar-refractivity contribution in [1.82, 2.24) is 0 Å². The molecule has 0 amide bonds. The van der Waals surface area contributed by atoms with Gasteiger partial charge in [0.15, 0.2) is 6.61 Å². The maximum atomic E-state index is 12.0. The summed E-state index contributed by atoms with van der Waals surface area (Å²) in [5.74, 6) is 1.04. The van der Waals surface area contributed by atoms with Crippen LogP contribution in [0.2, 0.25) is 0 Å². The van der Waals surface area contributed by atoms with Crippen LogP contribution in [0.5, 0.6) is 5.75 Å². The first-order valence-corrected chi connectivity index (χ1v) is 6.98. The highest BCUT2D eigenvalue weighted by Gasteiger charge is 2.28. The number of hydrogen-bond acceptors (Lipinski definition) is 2. The van der Waals surface area contributed by atoms with Gasteiger partial charge in [-0.05, 0) is 55.9 Å². The molecule has 2 nitrogen and oxygen atoms in total. The van der Waals surface area contributed by atoms with Crippen molar-refractivity contribution in [2.24, 2.45) is 5.92 Å². The zero-order valence-corrected chi connectivity index (χ0v) is 11.5. The lowest BCUT2D eigenvalue weighted by Crippen LogP contribution is -2.25. The minimum absolute atomic E-state index is 0.241. The zero-order valence-electron chi connectivity index (χ0n) is 11.5. The molecule has 5 heteroatoms. The second-order valence-corrected chi connectivity index (χ2v) is 5.53. The van der Waals surface area contributed by atoms with Gasteiger partial charge in [-0.25, -0.2) is 0 Å². The molecule has 0 heterocycles. The van der Waals surface area contributed by atoms with Crippen molar-refractivity contribution < 1.29 is 17.9 Å². The minimum Gasteiger partial charge on any atom is -0.484 e. The number of benzene rings is 1. The van der Waals surface area contributed by atoms with Gasteiger partial charge in [-0.1, -0.05) is 6.92 Å². The Kier molecular flexibility index (Phi) is 4.78. The van der Waals surface area contributed by atoms with Crippen molar-refractivity contribution in [2.75, 3.05) is 11.9 Å². The summed E-state index contributed by atoms with van der Waals surface area (Å²) in [6, 6.07) is 7.14. The largest absolute Gasteiger partial charge is 0.484 e. The topological polar surface area (TPSA) is 21.3 Å². The van der Waals surface area contributed by atoms with Gasteiger partial charge in [0.2, 0.25) is 0 Å². The van der Waals surface area contributed by atoms with E-state index >= 15 is 0 Å². The molecule has 1 aromatic rings. The van der Waals surface area contributed by atoms with Crippen LogP contribution in [0.3, 0.4) is 0 Å². The van der Waals surface area contributed by atoms with Crippen LogP contribution in [0.1, 0.15) is 32.6 Å². The summed E-state index contributed by atoms with van der Waals surface area (Å²) in [5.41, 5.74) is 0.934. The fourth-order valence-electron chi connectivity index (χ4n) is 2.45. The molecule has 0 atom stereocenters. The average Bonchev–Trinajstić information content (AvgIpc) is 2.40. The Morgan fingerprint density at radius 3 is 2.25 bits per heavy atom. The van der Waals surface area contributed by atoms with Gasteiger partial charge in [-0.15, -0.1) is 0 Å². The predicted molar refractivity (Wildman–Crippen MR) is 73.0 cm³/mol. The van der Waals surface area contributed by atoms with Gasteiger partial charge in [0.1, 0.15) is 5.75 Å². The molecule has 2 rings (SSSR count). The number of ether oxygens (including phenoxy) is 1. The molecule has 0 radical (unpaired) electrons. The Morgan fingerprint density at radius 1 is 1.10 bits per heavy atom. The molecule has 0 aromatic heterocycles. The van der Waals surface area contributed by atoms with Crippen LogP contribution in [0.25, 0.3) is 0 Å². The van der Waals surface area contributed by atoms with E-state index in [1.165, 1.54) is 12.8 Å². The van der Waals surface area contributed by atoms with Crippen LogP contribution >= 0.6 is 0 Å². The van der Waals surface area contributed by atoms with Crippen molar-refractivity contribution in [3.63, 3.8) is 0 Å². The van der Waals surface area contributed by atoms with Gasteiger partial charge in [-0.3, -0.25) is 0 Å². The minimum atomic E-state index is -4.30. The molecule has 0 saturated heterocycles. The predicted octanol–water partition coefficient (Wildman–Crippen LogP) is 4.62. The summed E-state index contributed by atoms with van der Waals surface area (Å²) in [7, 11) is 0. The molecular formula is C15H20F3NO. The standard InChI is InChI=1S/C15H20F3NO/c1-11-2-4-12(5-3-11)19-13-6-8-14(9-7-13)20-10-15(16,17)18/h6-9,11-12,19H,2-5,10H2,1H3. The van der Waals surface area contributed by atoms with E-state index in [2.05, 4.69) is 17.0 Å². The summed E-state index contributed by atoms with van der Waals surface area (Å²) in [4.78, 5) is 0. The fraction of sp³-hybridized carbons (Fsp3) is 0.600. The lowest BCUT2D eigenvalue weighted by atomic mass is 9.87. The normalized spacial score (nSPS) is 23.4. The summed E-state index contributed by atoms with van der Waals surface area (Å²) in [6.45, 7) is 1.02. The van der Waals surface area contributed by atoms with Crippen molar-refractivity contribution in [3.8, 4) is 5.75 Å². The van der Waals surface area contributed by atoms with Gasteiger partial charge < -0.3 is 10.1 Å². The number of nitrogens with one attached hydrogen (secondary N) is 1. The second-order valence-electron chi connectivity index (χ2n) is 5.53. The van der Waals surface area contributed by atoms with Crippen molar-refractivity contribution in [1.29, 1.82) is 0 Å². The molecule has 0 unspecified atom stereocenters. The third kappa shape index (κ3) is 4.94. The van der Waals surface area contributed by atoms with Gasteiger partial charge in [0.05, 0.1) is 0 Å². The molecule has 20 heavy (non-hydrogen) atoms. The number of hydrogen-bond donors (Lipinski definition) is 1. The van der Waals surface area contributed by atoms with E-state index in [0.717, 1.165) is 24.4 Å². The number of anilines is 1. The first-order chi connectivity index (χ1) is 9.42. The Morgan fingerprint density at radius 2 is 1.70 bits per heavy atom. The maximum absolute atomic E-state index is 12.0. The molecule has 1 aromatic carbocycles. The van der Waals surface area contributed by atoms with Gasteiger partial charge >= 0.3 is 6.18 Å². The van der Waals surface area contributed by atoms with Crippen LogP contribution in [0.4, 0.5) is 18.9 Å². The third-order valence-electron chi connectivity index (χ3n) is 3.64. The molecule has 0 aliphatic heterocycles. The number of rotatable bonds is 4. The zero-order chi connectivity index (χ0) is 14.6. The summed E-state index contributed by atoms with van der Waals surface area (Å²) >= 11 is 0. The SMILES string of the molecule is CC1CCC(Nc2ccc(OCC(F)(F)F)cc2)CC1. The van der Waals surface area contributed by atoms with Gasteiger partial charge in [-0.2, -0.15) is 13.2 Å². The van der Waals surface area contributed by atoms with E-state index in [1.54, 1.807) is 24.3 Å². The molecule has 1 saturated carbocycles. The van der Waals surface area contributed by atoms with Crippen LogP contribution in [-0.4, -0.2) is 18.8 Å². The highest BCUT2D eigenvalue weighted by Crippen LogP contribution is 2.27. The summed E-state index contributed by atoms with van der Waals surface area (Å²) < 4.78 is 40.7. The monoisotopic (exact) mass is 287 g/mol. The second kappa shape index (κ2) is 6.37. The van der Waals surface area contributed by atoms with Crippen molar-refractivity contribution >= 4 is 5.69 Å². The first-order valence-electron chi connectivity index (χ1n) is 6.98. The van der Waals surface area contributed by atoms with E-state index in [9.17, 15) is 13.2 Å². The van der Waals surface area contributed by atoms with Crippen molar-refractivity contribution in [2.45, 2.75) is 44.8 Å². The molecule has 1 aliphatic carbocycles. The maximum Gasteiger partial charge on any atom is 0.422 e. The average molecular weight is 287 g/mol. The summed E-state index contributed by atoms with van der Waals surface area (Å²) in [6.07, 6.45) is 0.450. The highest BCUT2D eigenvalue weighted by molar-refractivity contribution is 5.47. The Bertz CT molecular complexity index is 408. The van der Waals surface area contributed by atoms with Crippen LogP contribution in [0.15, 0.2) is 24.3 Å². The lowest BCUT2D eigenvalue weighted by Gasteiger charge is -2.27. The van der Waals surface area contributed by atoms with E-state index in [1.807, 2.05) is 0 Å². The smallest absolute Gasteiger partial charge is 0.422 e. The lowest BCUT2D eigenvalue weighted by molar-refractivity contribution is -0.153. The van der Waals surface area contributed by atoms with E-state index in [-0.39, 0.29) is 5.75 Å². The Labute approximate surface area is 117 Å². The van der Waals surface area contributed by atoms with E-state index in [0.29, 0.717) is 6.04 Å². The molecule has 1 fully saturated rings. The number of halogens is 3. The van der Waals surface area contributed by atoms with E-state index < -0.39 is 12.8 Å². The molecule has 0 bridgehead atoms. The molecule has 0 spiro atoms. The van der Waals surface area contributed by atoms with Crippen LogP contribution in [-0.2, 0) is 0 Å². The van der Waals surface area contributed by atoms with Gasteiger partial charge in [0.25, 0.3) is 0 Å². The summed E-state index contributed by atoms with van der Waals surface area (Å²) in [5, 5.41) is 3.42. The third-order valence-corrected chi connectivity index (χ3v) is 3.64. The molecule has 112 valence electrons. The molecule has 1 N–H and O–H groups in total. The quantitative estimate of drug-likeness (QED) is 0.872. The first kappa shape index (κ1) is 15.0.